The van der Waals surface area contributed by atoms with Gasteiger partial charge in [0.2, 0.25) is 10.0 Å². The van der Waals surface area contributed by atoms with E-state index in [1.54, 1.807) is 30.3 Å². The maximum Gasteiger partial charge on any atom is 0.255 e. The van der Waals surface area contributed by atoms with E-state index in [0.717, 1.165) is 14.3 Å². The number of carbonyl (C=O) groups is 1. The summed E-state index contributed by atoms with van der Waals surface area (Å²) < 4.78 is 28.6. The fourth-order valence-corrected chi connectivity index (χ4v) is 5.24. The second kappa shape index (κ2) is 11.9. The first kappa shape index (κ1) is 28.3. The summed E-state index contributed by atoms with van der Waals surface area (Å²) in [6, 6.07) is 18.8. The number of carbonyl (C=O) groups excluding carboxylic acids is 1. The summed E-state index contributed by atoms with van der Waals surface area (Å²) in [7, 11) is -4.01. The van der Waals surface area contributed by atoms with Crippen molar-refractivity contribution in [3.05, 3.63) is 97.9 Å². The van der Waals surface area contributed by atoms with E-state index in [9.17, 15) is 13.2 Å². The normalized spacial score (nSPS) is 12.3. The lowest BCUT2D eigenvalue weighted by molar-refractivity contribution is -0.121. The molecule has 0 bridgehead atoms. The molecule has 0 atom stereocenters. The number of hydrogen-bond donors (Lipinski definition) is 1. The molecule has 0 fully saturated rings. The average molecular weight is 611 g/mol. The summed E-state index contributed by atoms with van der Waals surface area (Å²) in [4.78, 5) is 12.7. The van der Waals surface area contributed by atoms with Crippen LogP contribution in [0.5, 0.6) is 0 Å². The van der Waals surface area contributed by atoms with Crippen LogP contribution in [0.2, 0.25) is 10.0 Å². The van der Waals surface area contributed by atoms with Crippen molar-refractivity contribution in [2.45, 2.75) is 37.6 Å². The minimum atomic E-state index is -4.01. The lowest BCUT2D eigenvalue weighted by atomic mass is 9.87. The number of amides is 1. The maximum absolute atomic E-state index is 13.4. The van der Waals surface area contributed by atoms with E-state index in [4.69, 9.17) is 23.2 Å². The van der Waals surface area contributed by atoms with Crippen LogP contribution in [-0.4, -0.2) is 31.4 Å². The van der Waals surface area contributed by atoms with Crippen LogP contribution < -0.4 is 5.43 Å². The number of hydrogen-bond acceptors (Lipinski definition) is 4. The van der Waals surface area contributed by atoms with Crippen LogP contribution in [0.15, 0.2) is 81.2 Å². The van der Waals surface area contributed by atoms with Gasteiger partial charge < -0.3 is 0 Å². The zero-order chi connectivity index (χ0) is 26.5. The highest BCUT2D eigenvalue weighted by Crippen LogP contribution is 2.26. The number of nitrogens with zero attached hydrogens (tertiary/aromatic N) is 2. The van der Waals surface area contributed by atoms with Gasteiger partial charge in [-0.15, -0.1) is 0 Å². The van der Waals surface area contributed by atoms with Crippen LogP contribution in [0.1, 0.15) is 37.5 Å². The topological polar surface area (TPSA) is 78.8 Å². The molecule has 36 heavy (non-hydrogen) atoms. The summed E-state index contributed by atoms with van der Waals surface area (Å²) in [5, 5.41) is 4.64. The highest BCUT2D eigenvalue weighted by molar-refractivity contribution is 9.10. The van der Waals surface area contributed by atoms with Crippen LogP contribution >= 0.6 is 39.1 Å². The van der Waals surface area contributed by atoms with Gasteiger partial charge in [-0.3, -0.25) is 4.79 Å². The van der Waals surface area contributed by atoms with Crippen molar-refractivity contribution in [2.24, 2.45) is 5.10 Å². The molecule has 3 rings (SSSR count). The van der Waals surface area contributed by atoms with Gasteiger partial charge in [0.05, 0.1) is 27.7 Å². The zero-order valence-corrected chi connectivity index (χ0v) is 23.9. The van der Waals surface area contributed by atoms with Crippen molar-refractivity contribution < 1.29 is 13.2 Å². The Bertz CT molecular complexity index is 1350. The van der Waals surface area contributed by atoms with Crippen LogP contribution in [-0.2, 0) is 26.8 Å². The molecule has 0 spiro atoms. The largest absolute Gasteiger partial charge is 0.272 e. The van der Waals surface area contributed by atoms with Crippen LogP contribution in [0.25, 0.3) is 0 Å². The van der Waals surface area contributed by atoms with E-state index in [2.05, 4.69) is 47.2 Å². The Morgan fingerprint density at radius 3 is 2.22 bits per heavy atom. The van der Waals surface area contributed by atoms with Gasteiger partial charge in [0.1, 0.15) is 0 Å². The molecule has 1 amide bonds. The Kier molecular flexibility index (Phi) is 9.35. The average Bonchev–Trinajstić information content (AvgIpc) is 2.81. The minimum Gasteiger partial charge on any atom is -0.272 e. The van der Waals surface area contributed by atoms with Crippen LogP contribution in [0, 0.1) is 0 Å². The first-order valence-electron chi connectivity index (χ1n) is 11.0. The standard InChI is InChI=1S/C26H26BrCl2N3O3S/c1-26(2,3)20-7-4-18(5-8-20)15-30-31-25(33)17-32(16-19-6-13-23(28)24(29)14-19)36(34,35)22-11-9-21(27)10-12-22/h4-15H,16-17H2,1-3H3,(H,31,33)/b30-15+. The van der Waals surface area contributed by atoms with E-state index in [0.29, 0.717) is 15.6 Å². The Morgan fingerprint density at radius 2 is 1.64 bits per heavy atom. The predicted molar refractivity (Wildman–Crippen MR) is 149 cm³/mol. The van der Waals surface area contributed by atoms with Crippen molar-refractivity contribution in [1.29, 1.82) is 0 Å². The molecule has 6 nitrogen and oxygen atoms in total. The molecule has 0 aliphatic carbocycles. The summed E-state index contributed by atoms with van der Waals surface area (Å²) in [5.74, 6) is -0.585. The zero-order valence-electron chi connectivity index (χ0n) is 20.0. The van der Waals surface area contributed by atoms with Crippen molar-refractivity contribution >= 4 is 61.3 Å². The molecule has 0 unspecified atom stereocenters. The Labute approximate surface area is 230 Å². The lowest BCUT2D eigenvalue weighted by Crippen LogP contribution is -2.39. The molecule has 0 aromatic heterocycles. The molecule has 3 aromatic carbocycles. The third-order valence-corrected chi connectivity index (χ3v) is 8.37. The summed E-state index contributed by atoms with van der Waals surface area (Å²) in [6.45, 7) is 5.85. The second-order valence-corrected chi connectivity index (χ2v) is 12.8. The Balaban J connectivity index is 1.77. The van der Waals surface area contributed by atoms with Gasteiger partial charge in [0, 0.05) is 11.0 Å². The molecule has 1 N–H and O–H groups in total. The van der Waals surface area contributed by atoms with E-state index >= 15 is 0 Å². The Hall–Kier alpha value is -2.23. The fraction of sp³-hybridized carbons (Fsp3) is 0.231. The monoisotopic (exact) mass is 609 g/mol. The molecule has 3 aromatic rings. The molecule has 190 valence electrons. The summed E-state index contributed by atoms with van der Waals surface area (Å²) in [5.41, 5.74) is 5.01. The summed E-state index contributed by atoms with van der Waals surface area (Å²) >= 11 is 15.4. The smallest absolute Gasteiger partial charge is 0.255 e. The molecule has 0 heterocycles. The number of hydrazone groups is 1. The Morgan fingerprint density at radius 1 is 1.00 bits per heavy atom. The third-order valence-electron chi connectivity index (χ3n) is 5.29. The minimum absolute atomic E-state index is 0.0297. The van der Waals surface area contributed by atoms with E-state index in [-0.39, 0.29) is 16.9 Å². The first-order valence-corrected chi connectivity index (χ1v) is 14.0. The lowest BCUT2D eigenvalue weighted by Gasteiger charge is -2.22. The third kappa shape index (κ3) is 7.63. The molecule has 0 saturated heterocycles. The molecule has 0 radical (unpaired) electrons. The summed E-state index contributed by atoms with van der Waals surface area (Å²) in [6.07, 6.45) is 1.51. The van der Waals surface area contributed by atoms with Gasteiger partial charge >= 0.3 is 0 Å². The quantitative estimate of drug-likeness (QED) is 0.237. The molecule has 0 aliphatic heterocycles. The number of nitrogens with one attached hydrogen (secondary N) is 1. The molecular weight excluding hydrogens is 585 g/mol. The number of halogens is 3. The SMILES string of the molecule is CC(C)(C)c1ccc(/C=N/NC(=O)CN(Cc2ccc(Cl)c(Cl)c2)S(=O)(=O)c2ccc(Br)cc2)cc1. The van der Waals surface area contributed by atoms with E-state index < -0.39 is 22.5 Å². The molecule has 0 aliphatic rings. The van der Waals surface area contributed by atoms with Crippen molar-refractivity contribution in [3.63, 3.8) is 0 Å². The maximum atomic E-state index is 13.4. The highest BCUT2D eigenvalue weighted by atomic mass is 79.9. The van der Waals surface area contributed by atoms with Crippen molar-refractivity contribution in [3.8, 4) is 0 Å². The van der Waals surface area contributed by atoms with Crippen LogP contribution in [0.4, 0.5) is 0 Å². The number of rotatable bonds is 8. The molecule has 0 saturated carbocycles. The van der Waals surface area contributed by atoms with Gasteiger partial charge in [-0.1, -0.05) is 90.2 Å². The predicted octanol–water partition coefficient (Wildman–Crippen LogP) is 6.39. The second-order valence-electron chi connectivity index (χ2n) is 9.14. The van der Waals surface area contributed by atoms with Gasteiger partial charge in [-0.25, -0.2) is 13.8 Å². The first-order chi connectivity index (χ1) is 16.9. The van der Waals surface area contributed by atoms with Gasteiger partial charge in [-0.2, -0.15) is 9.41 Å². The van der Waals surface area contributed by atoms with Crippen molar-refractivity contribution in [1.82, 2.24) is 9.73 Å². The number of sulfonamides is 1. The molecule has 10 heteroatoms. The molecular formula is C26H26BrCl2N3O3S. The van der Waals surface area contributed by atoms with Crippen molar-refractivity contribution in [2.75, 3.05) is 6.54 Å². The van der Waals surface area contributed by atoms with Gasteiger partial charge in [-0.05, 0) is 58.5 Å². The van der Waals surface area contributed by atoms with E-state index in [1.807, 2.05) is 24.3 Å². The fourth-order valence-electron chi connectivity index (χ4n) is 3.27. The van der Waals surface area contributed by atoms with E-state index in [1.165, 1.54) is 23.9 Å². The van der Waals surface area contributed by atoms with Crippen LogP contribution in [0.3, 0.4) is 0 Å². The number of benzene rings is 3. The van der Waals surface area contributed by atoms with Gasteiger partial charge in [0.15, 0.2) is 0 Å². The highest BCUT2D eigenvalue weighted by Gasteiger charge is 2.27. The van der Waals surface area contributed by atoms with Gasteiger partial charge in [0.25, 0.3) is 5.91 Å².